The van der Waals surface area contributed by atoms with Crippen molar-refractivity contribution in [2.24, 2.45) is 7.05 Å². The Morgan fingerprint density at radius 3 is 2.86 bits per heavy atom. The Balaban J connectivity index is 1.31. The van der Waals surface area contributed by atoms with E-state index in [0.717, 1.165) is 12.8 Å². The minimum Gasteiger partial charge on any atom is -0.337 e. The number of rotatable bonds is 4. The third-order valence-electron chi connectivity index (χ3n) is 5.39. The lowest BCUT2D eigenvalue weighted by Crippen LogP contribution is -2.23. The lowest BCUT2D eigenvalue weighted by molar-refractivity contribution is 0.310. The smallest absolute Gasteiger partial charge is 0.280 e. The molecule has 0 N–H and O–H groups in total. The van der Waals surface area contributed by atoms with Gasteiger partial charge in [0.15, 0.2) is 17.0 Å². The van der Waals surface area contributed by atoms with Crippen LogP contribution in [0.5, 0.6) is 0 Å². The van der Waals surface area contributed by atoms with Gasteiger partial charge in [0.1, 0.15) is 18.7 Å². The van der Waals surface area contributed by atoms with Crippen LogP contribution in [-0.4, -0.2) is 29.2 Å². The highest BCUT2D eigenvalue weighted by Gasteiger charge is 2.36. The number of fused-ring (bicyclic) bond motifs is 1. The summed E-state index contributed by atoms with van der Waals surface area (Å²) in [6.45, 7) is 0.124. The molecule has 0 aliphatic heterocycles. The van der Waals surface area contributed by atoms with Gasteiger partial charge in [0, 0.05) is 18.0 Å². The predicted octanol–water partition coefficient (Wildman–Crippen LogP) is 3.02. The molecule has 148 valence electrons. The summed E-state index contributed by atoms with van der Waals surface area (Å²) in [5, 5.41) is 4.57. The van der Waals surface area contributed by atoms with Gasteiger partial charge in [-0.25, -0.2) is 14.4 Å². The zero-order chi connectivity index (χ0) is 20.1. The lowest BCUT2D eigenvalue weighted by atomic mass is 9.71. The summed E-state index contributed by atoms with van der Waals surface area (Å²) in [5.74, 6) is 0.818. The molecule has 0 saturated heterocycles. The number of hydrogen-bond donors (Lipinski definition) is 0. The molecule has 1 aliphatic carbocycles. The van der Waals surface area contributed by atoms with Crippen LogP contribution in [0, 0.1) is 5.82 Å². The second-order valence-electron chi connectivity index (χ2n) is 7.28. The normalized spacial score (nSPS) is 18.9. The number of imidazole rings is 1. The van der Waals surface area contributed by atoms with Crippen molar-refractivity contribution in [3.8, 4) is 0 Å². The fourth-order valence-corrected chi connectivity index (χ4v) is 3.92. The van der Waals surface area contributed by atoms with Crippen LogP contribution in [0.15, 0.2) is 40.2 Å². The molecule has 0 radical (unpaired) electrons. The lowest BCUT2D eigenvalue weighted by Gasteiger charge is -2.33. The second-order valence-corrected chi connectivity index (χ2v) is 7.72. The van der Waals surface area contributed by atoms with Crippen LogP contribution in [0.25, 0.3) is 11.2 Å². The van der Waals surface area contributed by atoms with Crippen molar-refractivity contribution < 1.29 is 8.91 Å². The standard InChI is InChI=1S/C19H16ClFN6O2/c1-26-8-22-18-16(26)19(28)27(9-23-18)7-15-24-17(25-29-15)11-4-10(5-11)13-6-12(20)2-3-14(13)21/h2-3,6,8-11H,4-5,7H2,1H3/t10-,11-. The third-order valence-corrected chi connectivity index (χ3v) is 5.63. The minimum atomic E-state index is -0.246. The first-order valence-electron chi connectivity index (χ1n) is 9.13. The molecule has 4 aromatic rings. The average Bonchev–Trinajstić information content (AvgIpc) is 3.26. The van der Waals surface area contributed by atoms with Crippen molar-refractivity contribution in [3.63, 3.8) is 0 Å². The monoisotopic (exact) mass is 414 g/mol. The van der Waals surface area contributed by atoms with Crippen LogP contribution in [0.3, 0.4) is 0 Å². The molecule has 0 atom stereocenters. The Morgan fingerprint density at radius 2 is 2.03 bits per heavy atom. The van der Waals surface area contributed by atoms with Gasteiger partial charge < -0.3 is 9.09 Å². The highest BCUT2D eigenvalue weighted by atomic mass is 35.5. The van der Waals surface area contributed by atoms with Crippen LogP contribution in [0.4, 0.5) is 4.39 Å². The highest BCUT2D eigenvalue weighted by molar-refractivity contribution is 6.30. The Hall–Kier alpha value is -3.07. The molecule has 0 amide bonds. The highest BCUT2D eigenvalue weighted by Crippen LogP contribution is 2.47. The second kappa shape index (κ2) is 6.77. The minimum absolute atomic E-state index is 0.0831. The first-order valence-corrected chi connectivity index (χ1v) is 9.51. The molecule has 0 spiro atoms. The van der Waals surface area contributed by atoms with Gasteiger partial charge in [-0.05, 0) is 42.5 Å². The average molecular weight is 415 g/mol. The molecule has 3 aromatic heterocycles. The molecule has 1 aromatic carbocycles. The Labute approximate surface area is 169 Å². The first kappa shape index (κ1) is 18.0. The van der Waals surface area contributed by atoms with Crippen molar-refractivity contribution in [2.75, 3.05) is 0 Å². The Bertz CT molecular complexity index is 1270. The zero-order valence-electron chi connectivity index (χ0n) is 15.4. The van der Waals surface area contributed by atoms with Crippen LogP contribution < -0.4 is 5.56 Å². The largest absolute Gasteiger partial charge is 0.337 e. The summed E-state index contributed by atoms with van der Waals surface area (Å²) in [6, 6.07) is 4.61. The topological polar surface area (TPSA) is 91.6 Å². The van der Waals surface area contributed by atoms with E-state index in [4.69, 9.17) is 16.1 Å². The number of nitrogens with zero attached hydrogens (tertiary/aromatic N) is 6. The molecular formula is C19H16ClFN6O2. The van der Waals surface area contributed by atoms with Crippen LogP contribution >= 0.6 is 11.6 Å². The van der Waals surface area contributed by atoms with Crippen molar-refractivity contribution in [2.45, 2.75) is 31.2 Å². The van der Waals surface area contributed by atoms with Gasteiger partial charge >= 0.3 is 0 Å². The van der Waals surface area contributed by atoms with Gasteiger partial charge in [0.25, 0.3) is 5.56 Å². The van der Waals surface area contributed by atoms with Crippen molar-refractivity contribution in [1.29, 1.82) is 0 Å². The van der Waals surface area contributed by atoms with Crippen molar-refractivity contribution in [3.05, 3.63) is 69.3 Å². The molecule has 3 heterocycles. The summed E-state index contributed by atoms with van der Waals surface area (Å²) in [4.78, 5) is 25.3. The van der Waals surface area contributed by atoms with Crippen LogP contribution in [-0.2, 0) is 13.6 Å². The molecule has 8 nitrogen and oxygen atoms in total. The maximum atomic E-state index is 14.0. The van der Waals surface area contributed by atoms with Crippen molar-refractivity contribution in [1.82, 2.24) is 29.2 Å². The first-order chi connectivity index (χ1) is 14.0. The molecule has 1 aliphatic rings. The van der Waals surface area contributed by atoms with Crippen LogP contribution in [0.2, 0.25) is 5.02 Å². The van der Waals surface area contributed by atoms with Gasteiger partial charge in [-0.15, -0.1) is 0 Å². The number of benzene rings is 1. The van der Waals surface area contributed by atoms with E-state index in [1.807, 2.05) is 0 Å². The molecule has 1 fully saturated rings. The van der Waals surface area contributed by atoms with E-state index in [1.165, 1.54) is 17.0 Å². The van der Waals surface area contributed by atoms with Gasteiger partial charge in [-0.3, -0.25) is 9.36 Å². The summed E-state index contributed by atoms with van der Waals surface area (Å²) in [6.07, 6.45) is 4.41. The van der Waals surface area contributed by atoms with Gasteiger partial charge in [-0.2, -0.15) is 4.98 Å². The van der Waals surface area contributed by atoms with E-state index in [1.54, 1.807) is 30.1 Å². The van der Waals surface area contributed by atoms with E-state index in [2.05, 4.69) is 20.1 Å². The maximum Gasteiger partial charge on any atom is 0.280 e. The number of aryl methyl sites for hydroxylation is 1. The molecule has 1 saturated carbocycles. The van der Waals surface area contributed by atoms with E-state index in [0.29, 0.717) is 33.5 Å². The molecule has 0 unspecified atom stereocenters. The number of halogens is 2. The Morgan fingerprint density at radius 1 is 1.24 bits per heavy atom. The van der Waals surface area contributed by atoms with E-state index < -0.39 is 0 Å². The summed E-state index contributed by atoms with van der Waals surface area (Å²) < 4.78 is 22.4. The van der Waals surface area contributed by atoms with Gasteiger partial charge in [0.05, 0.1) is 6.33 Å². The SMILES string of the molecule is Cn1cnc2ncn(Cc3nc([C@H]4C[C@H](c5cc(Cl)ccc5F)C4)no3)c(=O)c21. The molecule has 5 rings (SSSR count). The fraction of sp³-hybridized carbons (Fsp3) is 0.316. The van der Waals surface area contributed by atoms with Gasteiger partial charge in [0.2, 0.25) is 5.89 Å². The third kappa shape index (κ3) is 3.11. The zero-order valence-corrected chi connectivity index (χ0v) is 16.2. The Kier molecular flexibility index (Phi) is 4.20. The fourth-order valence-electron chi connectivity index (χ4n) is 3.74. The quantitative estimate of drug-likeness (QED) is 0.509. The van der Waals surface area contributed by atoms with Crippen molar-refractivity contribution >= 4 is 22.8 Å². The molecule has 0 bridgehead atoms. The number of aromatic nitrogens is 6. The molecular weight excluding hydrogens is 399 g/mol. The number of hydrogen-bond acceptors (Lipinski definition) is 6. The molecule has 29 heavy (non-hydrogen) atoms. The summed E-state index contributed by atoms with van der Waals surface area (Å²) >= 11 is 5.98. The van der Waals surface area contributed by atoms with E-state index >= 15 is 0 Å². The summed E-state index contributed by atoms with van der Waals surface area (Å²) in [7, 11) is 1.74. The predicted molar refractivity (Wildman–Crippen MR) is 102 cm³/mol. The summed E-state index contributed by atoms with van der Waals surface area (Å²) in [5.41, 5.74) is 1.21. The van der Waals surface area contributed by atoms with E-state index in [9.17, 15) is 9.18 Å². The molecule has 10 heteroatoms. The van der Waals surface area contributed by atoms with Crippen LogP contribution in [0.1, 0.15) is 42.0 Å². The maximum absolute atomic E-state index is 14.0. The van der Waals surface area contributed by atoms with E-state index in [-0.39, 0.29) is 29.8 Å². The van der Waals surface area contributed by atoms with Gasteiger partial charge in [-0.1, -0.05) is 16.8 Å².